The number of fused-ring (bicyclic) bond motifs is 1. The van der Waals surface area contributed by atoms with Crippen molar-refractivity contribution in [2.24, 2.45) is 0 Å². The third kappa shape index (κ3) is 4.89. The van der Waals surface area contributed by atoms with Crippen LogP contribution in [-0.2, 0) is 6.42 Å². The summed E-state index contributed by atoms with van der Waals surface area (Å²) in [5.41, 5.74) is 4.62. The number of hydrogen-bond donors (Lipinski definition) is 1. The Kier molecular flexibility index (Phi) is 5.56. The molecule has 2 rings (SSSR count). The van der Waals surface area contributed by atoms with Crippen LogP contribution in [0.15, 0.2) is 35.4 Å². The lowest BCUT2D eigenvalue weighted by atomic mass is 9.88. The van der Waals surface area contributed by atoms with Gasteiger partial charge in [0.25, 0.3) is 0 Å². The number of phenols is 1. The third-order valence-corrected chi connectivity index (χ3v) is 4.56. The Morgan fingerprint density at radius 1 is 1.26 bits per heavy atom. The first-order chi connectivity index (χ1) is 10.8. The van der Waals surface area contributed by atoms with Crippen molar-refractivity contribution < 1.29 is 9.84 Å². The van der Waals surface area contributed by atoms with Crippen LogP contribution < -0.4 is 4.74 Å². The number of phenolic OH excluding ortho intramolecular Hbond substituents is 1. The zero-order valence-corrected chi connectivity index (χ0v) is 15.2. The van der Waals surface area contributed by atoms with E-state index in [2.05, 4.69) is 39.8 Å². The zero-order valence-electron chi connectivity index (χ0n) is 15.2. The number of ether oxygens (including phenoxy) is 1. The quantitative estimate of drug-likeness (QED) is 0.689. The minimum absolute atomic E-state index is 0.176. The second kappa shape index (κ2) is 7.25. The lowest BCUT2D eigenvalue weighted by Gasteiger charge is -2.35. The molecule has 0 saturated heterocycles. The highest BCUT2D eigenvalue weighted by molar-refractivity contribution is 5.48. The van der Waals surface area contributed by atoms with E-state index < -0.39 is 0 Å². The molecule has 1 heterocycles. The molecule has 1 aromatic rings. The lowest BCUT2D eigenvalue weighted by molar-refractivity contribution is 0.0670. The molecule has 0 aromatic heterocycles. The summed E-state index contributed by atoms with van der Waals surface area (Å²) in [6, 6.07) is 3.86. The minimum Gasteiger partial charge on any atom is -0.508 e. The summed E-state index contributed by atoms with van der Waals surface area (Å²) in [5, 5.41) is 10.1. The van der Waals surface area contributed by atoms with Crippen molar-refractivity contribution in [3.05, 3.63) is 46.6 Å². The summed E-state index contributed by atoms with van der Waals surface area (Å²) in [4.78, 5) is 0. The maximum Gasteiger partial charge on any atom is 0.127 e. The smallest absolute Gasteiger partial charge is 0.127 e. The van der Waals surface area contributed by atoms with Gasteiger partial charge in [-0.15, -0.1) is 0 Å². The molecule has 2 heteroatoms. The van der Waals surface area contributed by atoms with E-state index in [-0.39, 0.29) is 5.60 Å². The van der Waals surface area contributed by atoms with Crippen LogP contribution >= 0.6 is 0 Å². The van der Waals surface area contributed by atoms with Crippen LogP contribution in [-0.4, -0.2) is 10.7 Å². The predicted molar refractivity (Wildman–Crippen MR) is 97.2 cm³/mol. The molecule has 1 aliphatic heterocycles. The Bertz CT molecular complexity index is 621. The molecule has 1 atom stereocenters. The summed E-state index contributed by atoms with van der Waals surface area (Å²) < 4.78 is 6.26. The molecule has 1 aromatic carbocycles. The van der Waals surface area contributed by atoms with Crippen molar-refractivity contribution in [3.63, 3.8) is 0 Å². The normalized spacial score (nSPS) is 20.7. The van der Waals surface area contributed by atoms with Gasteiger partial charge in [0.05, 0.1) is 0 Å². The Labute approximate surface area is 140 Å². The van der Waals surface area contributed by atoms with E-state index in [1.807, 2.05) is 19.1 Å². The molecule has 0 aliphatic carbocycles. The summed E-state index contributed by atoms with van der Waals surface area (Å²) >= 11 is 0. The SMILES string of the molecule is CC(C)=CCC/C(C)=C/CC1(C)CCc2c(O)cc(C)cc2O1. The van der Waals surface area contributed by atoms with Gasteiger partial charge in [0, 0.05) is 12.0 Å². The standard InChI is InChI=1S/C21H30O2/c1-15(2)7-6-8-16(3)9-11-21(5)12-10-18-19(22)13-17(4)14-20(18)23-21/h7,9,13-14,22H,6,8,10-12H2,1-5H3/b16-9+. The number of rotatable bonds is 5. The van der Waals surface area contributed by atoms with Gasteiger partial charge in [0.2, 0.25) is 0 Å². The van der Waals surface area contributed by atoms with Gasteiger partial charge < -0.3 is 9.84 Å². The van der Waals surface area contributed by atoms with Crippen LogP contribution in [0.1, 0.15) is 64.5 Å². The van der Waals surface area contributed by atoms with Gasteiger partial charge in [-0.05, 0) is 78.0 Å². The molecule has 0 fully saturated rings. The maximum absolute atomic E-state index is 10.1. The molecular formula is C21H30O2. The van der Waals surface area contributed by atoms with Crippen LogP contribution in [0, 0.1) is 6.92 Å². The van der Waals surface area contributed by atoms with Crippen LogP contribution in [0.2, 0.25) is 0 Å². The zero-order chi connectivity index (χ0) is 17.0. The summed E-state index contributed by atoms with van der Waals surface area (Å²) in [6.45, 7) is 10.7. The lowest BCUT2D eigenvalue weighted by Crippen LogP contribution is -2.35. The molecule has 23 heavy (non-hydrogen) atoms. The molecule has 0 bridgehead atoms. The van der Waals surface area contributed by atoms with Crippen LogP contribution in [0.4, 0.5) is 0 Å². The Morgan fingerprint density at radius 2 is 2.00 bits per heavy atom. The Morgan fingerprint density at radius 3 is 2.70 bits per heavy atom. The summed E-state index contributed by atoms with van der Waals surface area (Å²) in [6.07, 6.45) is 9.56. The second-order valence-electron chi connectivity index (χ2n) is 7.39. The average Bonchev–Trinajstić information content (AvgIpc) is 2.44. The van der Waals surface area contributed by atoms with Gasteiger partial charge in [-0.1, -0.05) is 23.3 Å². The number of aryl methyl sites for hydroxylation is 1. The fourth-order valence-corrected chi connectivity index (χ4v) is 3.04. The van der Waals surface area contributed by atoms with E-state index in [0.717, 1.165) is 49.0 Å². The van der Waals surface area contributed by atoms with Crippen molar-refractivity contribution in [3.8, 4) is 11.5 Å². The molecular weight excluding hydrogens is 284 g/mol. The van der Waals surface area contributed by atoms with Crippen LogP contribution in [0.5, 0.6) is 11.5 Å². The monoisotopic (exact) mass is 314 g/mol. The van der Waals surface area contributed by atoms with E-state index >= 15 is 0 Å². The van der Waals surface area contributed by atoms with Crippen molar-refractivity contribution in [2.45, 2.75) is 72.3 Å². The van der Waals surface area contributed by atoms with Gasteiger partial charge in [-0.2, -0.15) is 0 Å². The topological polar surface area (TPSA) is 29.5 Å². The van der Waals surface area contributed by atoms with E-state index in [9.17, 15) is 5.11 Å². The highest BCUT2D eigenvalue weighted by atomic mass is 16.5. The van der Waals surface area contributed by atoms with E-state index in [1.165, 1.54) is 11.1 Å². The highest BCUT2D eigenvalue weighted by Gasteiger charge is 2.32. The van der Waals surface area contributed by atoms with Crippen molar-refractivity contribution in [1.29, 1.82) is 0 Å². The Hall–Kier alpha value is -1.70. The van der Waals surface area contributed by atoms with Gasteiger partial charge in [-0.3, -0.25) is 0 Å². The third-order valence-electron chi connectivity index (χ3n) is 4.56. The molecule has 0 amide bonds. The first kappa shape index (κ1) is 17.7. The predicted octanol–water partition coefficient (Wildman–Crippen LogP) is 5.87. The first-order valence-corrected chi connectivity index (χ1v) is 8.59. The van der Waals surface area contributed by atoms with Crippen LogP contribution in [0.25, 0.3) is 0 Å². The fourth-order valence-electron chi connectivity index (χ4n) is 3.04. The number of allylic oxidation sites excluding steroid dienone is 3. The highest BCUT2D eigenvalue weighted by Crippen LogP contribution is 2.40. The van der Waals surface area contributed by atoms with E-state index in [1.54, 1.807) is 0 Å². The number of aromatic hydroxyl groups is 1. The van der Waals surface area contributed by atoms with E-state index in [0.29, 0.717) is 5.75 Å². The van der Waals surface area contributed by atoms with Gasteiger partial charge in [0.15, 0.2) is 0 Å². The Balaban J connectivity index is 2.02. The molecule has 0 radical (unpaired) electrons. The van der Waals surface area contributed by atoms with Gasteiger partial charge in [0.1, 0.15) is 17.1 Å². The molecule has 1 aliphatic rings. The largest absolute Gasteiger partial charge is 0.508 e. The van der Waals surface area contributed by atoms with Crippen molar-refractivity contribution in [2.75, 3.05) is 0 Å². The summed E-state index contributed by atoms with van der Waals surface area (Å²) in [5.74, 6) is 1.22. The van der Waals surface area contributed by atoms with E-state index in [4.69, 9.17) is 4.74 Å². The molecule has 1 unspecified atom stereocenters. The van der Waals surface area contributed by atoms with Crippen molar-refractivity contribution in [1.82, 2.24) is 0 Å². The minimum atomic E-state index is -0.176. The number of benzene rings is 1. The molecule has 0 spiro atoms. The maximum atomic E-state index is 10.1. The second-order valence-corrected chi connectivity index (χ2v) is 7.39. The van der Waals surface area contributed by atoms with Gasteiger partial charge >= 0.3 is 0 Å². The van der Waals surface area contributed by atoms with Crippen LogP contribution in [0.3, 0.4) is 0 Å². The molecule has 0 saturated carbocycles. The molecule has 126 valence electrons. The average molecular weight is 314 g/mol. The summed E-state index contributed by atoms with van der Waals surface area (Å²) in [7, 11) is 0. The number of hydrogen-bond acceptors (Lipinski definition) is 2. The fraction of sp³-hybridized carbons (Fsp3) is 0.524. The van der Waals surface area contributed by atoms with Gasteiger partial charge in [-0.25, -0.2) is 0 Å². The first-order valence-electron chi connectivity index (χ1n) is 8.59. The molecule has 2 nitrogen and oxygen atoms in total. The van der Waals surface area contributed by atoms with Crippen molar-refractivity contribution >= 4 is 0 Å². The molecule has 1 N–H and O–H groups in total.